The summed E-state index contributed by atoms with van der Waals surface area (Å²) in [7, 11) is 3.55. The average Bonchev–Trinajstić information content (AvgIpc) is 2.47. The van der Waals surface area contributed by atoms with Gasteiger partial charge in [0, 0.05) is 38.9 Å². The number of carbonyl (C=O) groups is 1. The van der Waals surface area contributed by atoms with Gasteiger partial charge < -0.3 is 9.64 Å². The van der Waals surface area contributed by atoms with Crippen molar-refractivity contribution in [2.45, 2.75) is 5.92 Å². The van der Waals surface area contributed by atoms with E-state index in [1.165, 1.54) is 7.11 Å². The molecule has 1 fully saturated rings. The molecule has 1 aromatic heterocycles. The molecular formula is C14H21N3O2. The maximum Gasteiger partial charge on any atom is 0.316 e. The molecule has 104 valence electrons. The van der Waals surface area contributed by atoms with E-state index in [0.717, 1.165) is 31.9 Å². The van der Waals surface area contributed by atoms with Crippen LogP contribution in [0.3, 0.4) is 0 Å². The van der Waals surface area contributed by atoms with E-state index in [-0.39, 0.29) is 11.9 Å². The Hall–Kier alpha value is -1.46. The summed E-state index contributed by atoms with van der Waals surface area (Å²) in [5.74, 6) is -0.507. The number of hydrogen-bond acceptors (Lipinski definition) is 5. The molecule has 5 heteroatoms. The molecule has 0 amide bonds. The van der Waals surface area contributed by atoms with Crippen molar-refractivity contribution in [3.8, 4) is 0 Å². The number of esters is 1. The maximum atomic E-state index is 12.0. The second-order valence-electron chi connectivity index (χ2n) is 4.93. The summed E-state index contributed by atoms with van der Waals surface area (Å²) in [6, 6.07) is 5.65. The van der Waals surface area contributed by atoms with Crippen LogP contribution in [0.5, 0.6) is 0 Å². The Balaban J connectivity index is 2.05. The fraction of sp³-hybridized carbons (Fsp3) is 0.571. The quantitative estimate of drug-likeness (QED) is 0.744. The number of ether oxygens (including phenoxy) is 1. The van der Waals surface area contributed by atoms with Gasteiger partial charge >= 0.3 is 5.97 Å². The van der Waals surface area contributed by atoms with E-state index in [4.69, 9.17) is 4.74 Å². The second kappa shape index (κ2) is 6.63. The number of carbonyl (C=O) groups excluding carboxylic acids is 1. The number of piperazine rings is 1. The first-order valence-electron chi connectivity index (χ1n) is 6.60. The van der Waals surface area contributed by atoms with Gasteiger partial charge in [0.05, 0.1) is 12.8 Å². The van der Waals surface area contributed by atoms with Gasteiger partial charge in [0.15, 0.2) is 0 Å². The van der Waals surface area contributed by atoms with Gasteiger partial charge in [-0.25, -0.2) is 0 Å². The summed E-state index contributed by atoms with van der Waals surface area (Å²) in [4.78, 5) is 20.8. The van der Waals surface area contributed by atoms with E-state index in [1.54, 1.807) is 6.20 Å². The van der Waals surface area contributed by atoms with Crippen molar-refractivity contribution in [1.29, 1.82) is 0 Å². The van der Waals surface area contributed by atoms with Crippen LogP contribution in [0.1, 0.15) is 11.6 Å². The van der Waals surface area contributed by atoms with Gasteiger partial charge in [-0.3, -0.25) is 14.7 Å². The molecule has 1 atom stereocenters. The number of pyridine rings is 1. The molecule has 0 N–H and O–H groups in total. The second-order valence-corrected chi connectivity index (χ2v) is 4.93. The van der Waals surface area contributed by atoms with E-state index in [0.29, 0.717) is 6.54 Å². The van der Waals surface area contributed by atoms with Crippen molar-refractivity contribution in [3.05, 3.63) is 30.1 Å². The van der Waals surface area contributed by atoms with Crippen LogP contribution in [0.25, 0.3) is 0 Å². The minimum Gasteiger partial charge on any atom is -0.468 e. The Morgan fingerprint density at radius 2 is 2.11 bits per heavy atom. The van der Waals surface area contributed by atoms with Gasteiger partial charge in [-0.15, -0.1) is 0 Å². The predicted octanol–water partition coefficient (Wildman–Crippen LogP) is 0.586. The lowest BCUT2D eigenvalue weighted by Crippen LogP contribution is -2.46. The fourth-order valence-electron chi connectivity index (χ4n) is 2.30. The lowest BCUT2D eigenvalue weighted by atomic mass is 10.0. The van der Waals surface area contributed by atoms with Crippen LogP contribution in [0.15, 0.2) is 24.4 Å². The molecule has 0 aromatic carbocycles. The van der Waals surface area contributed by atoms with Crippen LogP contribution in [0.2, 0.25) is 0 Å². The Bertz CT molecular complexity index is 402. The molecule has 19 heavy (non-hydrogen) atoms. The van der Waals surface area contributed by atoms with Crippen LogP contribution in [0.4, 0.5) is 0 Å². The zero-order chi connectivity index (χ0) is 13.7. The molecule has 1 aliphatic rings. The first kappa shape index (κ1) is 14.0. The van der Waals surface area contributed by atoms with Crippen molar-refractivity contribution in [2.24, 2.45) is 0 Å². The van der Waals surface area contributed by atoms with Crippen molar-refractivity contribution < 1.29 is 9.53 Å². The lowest BCUT2D eigenvalue weighted by molar-refractivity contribution is -0.143. The predicted molar refractivity (Wildman–Crippen MR) is 72.9 cm³/mol. The Morgan fingerprint density at radius 3 is 2.68 bits per heavy atom. The number of aromatic nitrogens is 1. The van der Waals surface area contributed by atoms with Crippen molar-refractivity contribution >= 4 is 5.97 Å². The summed E-state index contributed by atoms with van der Waals surface area (Å²) >= 11 is 0. The highest BCUT2D eigenvalue weighted by Gasteiger charge is 2.26. The number of likely N-dealkylation sites (N-methyl/N-ethyl adjacent to an activating group) is 1. The number of nitrogens with zero attached hydrogens (tertiary/aromatic N) is 3. The third-order valence-corrected chi connectivity index (χ3v) is 3.57. The van der Waals surface area contributed by atoms with Gasteiger partial charge in [-0.05, 0) is 19.2 Å². The first-order valence-corrected chi connectivity index (χ1v) is 6.60. The minimum absolute atomic E-state index is 0.211. The molecule has 1 saturated heterocycles. The van der Waals surface area contributed by atoms with Crippen molar-refractivity contribution in [2.75, 3.05) is 46.9 Å². The number of methoxy groups -OCH3 is 1. The molecule has 1 aromatic rings. The molecule has 0 bridgehead atoms. The maximum absolute atomic E-state index is 12.0. The highest BCUT2D eigenvalue weighted by Crippen LogP contribution is 2.17. The standard InChI is InChI=1S/C14H21N3O2/c1-16-7-9-17(10-8-16)11-12(14(18)19-2)13-5-3-4-6-15-13/h3-6,12H,7-11H2,1-2H3. The van der Waals surface area contributed by atoms with Crippen LogP contribution in [-0.2, 0) is 9.53 Å². The zero-order valence-corrected chi connectivity index (χ0v) is 11.6. The monoisotopic (exact) mass is 263 g/mol. The van der Waals surface area contributed by atoms with Crippen LogP contribution >= 0.6 is 0 Å². The number of rotatable bonds is 4. The van der Waals surface area contributed by atoms with E-state index in [1.807, 2.05) is 18.2 Å². The van der Waals surface area contributed by atoms with Gasteiger partial charge in [-0.2, -0.15) is 0 Å². The minimum atomic E-state index is -0.297. The molecule has 0 spiro atoms. The van der Waals surface area contributed by atoms with Gasteiger partial charge in [0.25, 0.3) is 0 Å². The van der Waals surface area contributed by atoms with E-state index in [9.17, 15) is 4.79 Å². The lowest BCUT2D eigenvalue weighted by Gasteiger charge is -2.33. The summed E-state index contributed by atoms with van der Waals surface area (Å²) in [6.07, 6.45) is 1.72. The molecular weight excluding hydrogens is 242 g/mol. The Labute approximate surface area is 114 Å². The largest absolute Gasteiger partial charge is 0.468 e. The molecule has 5 nitrogen and oxygen atoms in total. The van der Waals surface area contributed by atoms with E-state index in [2.05, 4.69) is 21.8 Å². The highest BCUT2D eigenvalue weighted by atomic mass is 16.5. The Kier molecular flexibility index (Phi) is 4.87. The van der Waals surface area contributed by atoms with Gasteiger partial charge in [0.1, 0.15) is 5.92 Å². The summed E-state index contributed by atoms with van der Waals surface area (Å²) in [5.41, 5.74) is 0.785. The topological polar surface area (TPSA) is 45.7 Å². The molecule has 2 heterocycles. The third-order valence-electron chi connectivity index (χ3n) is 3.57. The number of hydrogen-bond donors (Lipinski definition) is 0. The van der Waals surface area contributed by atoms with Gasteiger partial charge in [-0.1, -0.05) is 6.07 Å². The smallest absolute Gasteiger partial charge is 0.316 e. The Morgan fingerprint density at radius 1 is 1.37 bits per heavy atom. The molecule has 1 unspecified atom stereocenters. The molecule has 1 aliphatic heterocycles. The van der Waals surface area contributed by atoms with Crippen LogP contribution < -0.4 is 0 Å². The third kappa shape index (κ3) is 3.75. The van der Waals surface area contributed by atoms with Crippen molar-refractivity contribution in [1.82, 2.24) is 14.8 Å². The van der Waals surface area contributed by atoms with Crippen LogP contribution in [-0.4, -0.2) is 67.6 Å². The normalized spacial score (nSPS) is 19.1. The molecule has 2 rings (SSSR count). The average molecular weight is 263 g/mol. The zero-order valence-electron chi connectivity index (χ0n) is 11.6. The summed E-state index contributed by atoms with van der Waals surface area (Å²) in [5, 5.41) is 0. The summed E-state index contributed by atoms with van der Waals surface area (Å²) in [6.45, 7) is 4.72. The first-order chi connectivity index (χ1) is 9.20. The molecule has 0 radical (unpaired) electrons. The highest BCUT2D eigenvalue weighted by molar-refractivity contribution is 5.77. The van der Waals surface area contributed by atoms with Gasteiger partial charge in [0.2, 0.25) is 0 Å². The van der Waals surface area contributed by atoms with E-state index < -0.39 is 0 Å². The molecule has 0 saturated carbocycles. The SMILES string of the molecule is COC(=O)C(CN1CCN(C)CC1)c1ccccn1. The van der Waals surface area contributed by atoms with E-state index >= 15 is 0 Å². The molecule has 0 aliphatic carbocycles. The van der Waals surface area contributed by atoms with Crippen molar-refractivity contribution in [3.63, 3.8) is 0 Å². The summed E-state index contributed by atoms with van der Waals surface area (Å²) < 4.78 is 4.91. The van der Waals surface area contributed by atoms with Crippen LogP contribution in [0, 0.1) is 0 Å². The fourth-order valence-corrected chi connectivity index (χ4v) is 2.30.